The van der Waals surface area contributed by atoms with Gasteiger partial charge < -0.3 is 9.72 Å². The van der Waals surface area contributed by atoms with Crippen molar-refractivity contribution in [2.24, 2.45) is 0 Å². The van der Waals surface area contributed by atoms with Crippen molar-refractivity contribution in [3.8, 4) is 0 Å². The first kappa shape index (κ1) is 14.6. The lowest BCUT2D eigenvalue weighted by atomic mass is 10.2. The molecule has 0 bridgehead atoms. The van der Waals surface area contributed by atoms with Crippen molar-refractivity contribution in [2.75, 3.05) is 0 Å². The van der Waals surface area contributed by atoms with Crippen molar-refractivity contribution >= 4 is 32.9 Å². The Labute approximate surface area is 132 Å². The summed E-state index contributed by atoms with van der Waals surface area (Å²) in [4.78, 5) is 19.1. The van der Waals surface area contributed by atoms with E-state index in [9.17, 15) is 13.6 Å². The van der Waals surface area contributed by atoms with Crippen LogP contribution >= 0.6 is 15.9 Å². The van der Waals surface area contributed by atoms with Crippen molar-refractivity contribution in [2.45, 2.75) is 6.61 Å². The van der Waals surface area contributed by atoms with Crippen LogP contribution < -0.4 is 0 Å². The fourth-order valence-electron chi connectivity index (χ4n) is 2.06. The molecule has 3 rings (SSSR count). The second-order valence-corrected chi connectivity index (χ2v) is 5.34. The molecule has 0 saturated carbocycles. The Bertz CT molecular complexity index is 841. The molecule has 0 spiro atoms. The summed E-state index contributed by atoms with van der Waals surface area (Å²) in [6.07, 6.45) is 3.14. The summed E-state index contributed by atoms with van der Waals surface area (Å²) in [6, 6.07) is 5.46. The molecule has 0 aliphatic rings. The lowest BCUT2D eigenvalue weighted by Gasteiger charge is -2.07. The maximum Gasteiger partial charge on any atom is 0.339 e. The first-order valence-electron chi connectivity index (χ1n) is 6.29. The van der Waals surface area contributed by atoms with Crippen LogP contribution in [0.15, 0.2) is 41.1 Å². The van der Waals surface area contributed by atoms with Gasteiger partial charge in [0, 0.05) is 17.8 Å². The Balaban J connectivity index is 1.79. The van der Waals surface area contributed by atoms with Gasteiger partial charge in [0.15, 0.2) is 0 Å². The number of carbonyl (C=O) groups excluding carboxylic acids is 1. The summed E-state index contributed by atoms with van der Waals surface area (Å²) in [7, 11) is 0. The quantitative estimate of drug-likeness (QED) is 0.563. The van der Waals surface area contributed by atoms with Crippen LogP contribution in [-0.2, 0) is 11.3 Å². The molecule has 0 atom stereocenters. The van der Waals surface area contributed by atoms with Crippen LogP contribution in [0.4, 0.5) is 8.78 Å². The van der Waals surface area contributed by atoms with Crippen molar-refractivity contribution in [3.05, 3.63) is 63.9 Å². The van der Waals surface area contributed by atoms with Gasteiger partial charge in [-0.25, -0.2) is 18.6 Å². The summed E-state index contributed by atoms with van der Waals surface area (Å²) < 4.78 is 31.7. The molecule has 0 radical (unpaired) electrons. The van der Waals surface area contributed by atoms with Crippen LogP contribution in [0.5, 0.6) is 0 Å². The molecule has 0 unspecified atom stereocenters. The molecule has 2 heterocycles. The van der Waals surface area contributed by atoms with Gasteiger partial charge in [-0.2, -0.15) is 0 Å². The number of pyridine rings is 1. The van der Waals surface area contributed by atoms with Crippen LogP contribution in [0.25, 0.3) is 11.0 Å². The molecule has 22 heavy (non-hydrogen) atoms. The molecule has 0 fully saturated rings. The average molecular weight is 367 g/mol. The SMILES string of the molecule is O=C(OCc1cc(F)c(Br)c(F)c1)c1ccnc2[nH]ccc12. The number of nitrogens with zero attached hydrogens (tertiary/aromatic N) is 1. The highest BCUT2D eigenvalue weighted by molar-refractivity contribution is 9.10. The molecule has 3 aromatic rings. The Morgan fingerprint density at radius 1 is 1.27 bits per heavy atom. The third kappa shape index (κ3) is 2.71. The molecular formula is C15H9BrF2N2O2. The molecule has 0 aliphatic carbocycles. The number of ether oxygens (including phenoxy) is 1. The fraction of sp³-hybridized carbons (Fsp3) is 0.0667. The largest absolute Gasteiger partial charge is 0.457 e. The molecule has 1 N–H and O–H groups in total. The summed E-state index contributed by atoms with van der Waals surface area (Å²) >= 11 is 2.78. The first-order valence-corrected chi connectivity index (χ1v) is 7.08. The van der Waals surface area contributed by atoms with E-state index in [1.165, 1.54) is 12.3 Å². The molecular weight excluding hydrogens is 358 g/mol. The van der Waals surface area contributed by atoms with Crippen LogP contribution in [0, 0.1) is 11.6 Å². The predicted octanol–water partition coefficient (Wildman–Crippen LogP) is 3.96. The van der Waals surface area contributed by atoms with Gasteiger partial charge in [0.1, 0.15) is 23.9 Å². The summed E-state index contributed by atoms with van der Waals surface area (Å²) in [5.41, 5.74) is 1.13. The Morgan fingerprint density at radius 3 is 2.73 bits per heavy atom. The smallest absolute Gasteiger partial charge is 0.339 e. The zero-order chi connectivity index (χ0) is 15.7. The van der Waals surface area contributed by atoms with Gasteiger partial charge >= 0.3 is 5.97 Å². The van der Waals surface area contributed by atoms with Crippen LogP contribution in [0.3, 0.4) is 0 Å². The number of halogens is 3. The number of rotatable bonds is 3. The Morgan fingerprint density at radius 2 is 2.00 bits per heavy atom. The molecule has 0 aliphatic heterocycles. The fourth-order valence-corrected chi connectivity index (χ4v) is 2.29. The normalized spacial score (nSPS) is 10.9. The number of hydrogen-bond donors (Lipinski definition) is 1. The highest BCUT2D eigenvalue weighted by Gasteiger charge is 2.14. The van der Waals surface area contributed by atoms with E-state index in [0.717, 1.165) is 12.1 Å². The number of esters is 1. The maximum atomic E-state index is 13.4. The minimum absolute atomic E-state index is 0.228. The second-order valence-electron chi connectivity index (χ2n) is 4.55. The maximum absolute atomic E-state index is 13.4. The van der Waals surface area contributed by atoms with E-state index in [2.05, 4.69) is 25.9 Å². The lowest BCUT2D eigenvalue weighted by molar-refractivity contribution is 0.0474. The van der Waals surface area contributed by atoms with Gasteiger partial charge in [0.2, 0.25) is 0 Å². The molecule has 1 aromatic carbocycles. The van der Waals surface area contributed by atoms with Crippen molar-refractivity contribution < 1.29 is 18.3 Å². The minimum Gasteiger partial charge on any atom is -0.457 e. The van der Waals surface area contributed by atoms with Gasteiger partial charge in [-0.05, 0) is 45.8 Å². The number of carbonyl (C=O) groups is 1. The number of benzene rings is 1. The van der Waals surface area contributed by atoms with E-state index in [4.69, 9.17) is 4.74 Å². The van der Waals surface area contributed by atoms with E-state index >= 15 is 0 Å². The Hall–Kier alpha value is -2.28. The highest BCUT2D eigenvalue weighted by Crippen LogP contribution is 2.22. The average Bonchev–Trinajstić information content (AvgIpc) is 2.98. The number of aromatic amines is 1. The standard InChI is InChI=1S/C15H9BrF2N2O2/c16-13-11(17)5-8(6-12(13)18)7-22-15(21)10-2-4-20-14-9(10)1-3-19-14/h1-6H,7H2,(H,19,20). The van der Waals surface area contributed by atoms with Crippen molar-refractivity contribution in [1.29, 1.82) is 0 Å². The molecule has 0 amide bonds. The summed E-state index contributed by atoms with van der Waals surface area (Å²) in [5, 5.41) is 0.626. The molecule has 0 saturated heterocycles. The van der Waals surface area contributed by atoms with E-state index < -0.39 is 17.6 Å². The number of fused-ring (bicyclic) bond motifs is 1. The number of nitrogens with one attached hydrogen (secondary N) is 1. The minimum atomic E-state index is -0.747. The van der Waals surface area contributed by atoms with E-state index in [1.807, 2.05) is 0 Å². The molecule has 7 heteroatoms. The highest BCUT2D eigenvalue weighted by atomic mass is 79.9. The van der Waals surface area contributed by atoms with E-state index in [1.54, 1.807) is 12.3 Å². The van der Waals surface area contributed by atoms with Gasteiger partial charge in [0.05, 0.1) is 10.0 Å². The zero-order valence-electron chi connectivity index (χ0n) is 11.1. The van der Waals surface area contributed by atoms with Crippen molar-refractivity contribution in [3.63, 3.8) is 0 Å². The van der Waals surface area contributed by atoms with Crippen LogP contribution in [0.1, 0.15) is 15.9 Å². The number of aromatic nitrogens is 2. The van der Waals surface area contributed by atoms with Gasteiger partial charge in [-0.3, -0.25) is 0 Å². The first-order chi connectivity index (χ1) is 10.6. The summed E-state index contributed by atoms with van der Waals surface area (Å²) in [6.45, 7) is -0.228. The van der Waals surface area contributed by atoms with Crippen molar-refractivity contribution in [1.82, 2.24) is 9.97 Å². The molecule has 112 valence electrons. The Kier molecular flexibility index (Phi) is 3.89. The molecule has 4 nitrogen and oxygen atoms in total. The third-order valence-electron chi connectivity index (χ3n) is 3.09. The third-order valence-corrected chi connectivity index (χ3v) is 3.85. The van der Waals surface area contributed by atoms with Gasteiger partial charge in [0.25, 0.3) is 0 Å². The number of hydrogen-bond acceptors (Lipinski definition) is 3. The second kappa shape index (κ2) is 5.84. The lowest BCUT2D eigenvalue weighted by Crippen LogP contribution is -2.06. The van der Waals surface area contributed by atoms with E-state index in [0.29, 0.717) is 16.6 Å². The van der Waals surface area contributed by atoms with Crippen LogP contribution in [-0.4, -0.2) is 15.9 Å². The monoisotopic (exact) mass is 366 g/mol. The summed E-state index contributed by atoms with van der Waals surface area (Å²) in [5.74, 6) is -2.08. The number of H-pyrrole nitrogens is 1. The zero-order valence-corrected chi connectivity index (χ0v) is 12.7. The van der Waals surface area contributed by atoms with Gasteiger partial charge in [-0.1, -0.05) is 0 Å². The van der Waals surface area contributed by atoms with Gasteiger partial charge in [-0.15, -0.1) is 0 Å². The van der Waals surface area contributed by atoms with E-state index in [-0.39, 0.29) is 16.6 Å². The molecule has 2 aromatic heterocycles. The predicted molar refractivity (Wildman–Crippen MR) is 79.3 cm³/mol. The van der Waals surface area contributed by atoms with Crippen LogP contribution in [0.2, 0.25) is 0 Å². The topological polar surface area (TPSA) is 55.0 Å².